The minimum Gasteiger partial charge on any atom is -0.394 e. The number of nitrogens with one attached hydrogen (secondary N) is 1. The molecule has 1 heterocycles. The van der Waals surface area contributed by atoms with Crippen LogP contribution in [0, 0.1) is 0 Å². The number of aliphatic hydroxyl groups excluding tert-OH is 5. The Bertz CT molecular complexity index is 904. The lowest BCUT2D eigenvalue weighted by Gasteiger charge is -2.40. The van der Waals surface area contributed by atoms with E-state index in [-0.39, 0.29) is 12.5 Å². The van der Waals surface area contributed by atoms with Crippen molar-refractivity contribution in [3.05, 3.63) is 12.2 Å². The van der Waals surface area contributed by atoms with Crippen LogP contribution in [0.3, 0.4) is 0 Å². The largest absolute Gasteiger partial charge is 0.394 e. The van der Waals surface area contributed by atoms with Crippen molar-refractivity contribution in [1.29, 1.82) is 0 Å². The third-order valence-corrected chi connectivity index (χ3v) is 11.9. The van der Waals surface area contributed by atoms with Crippen LogP contribution in [0.15, 0.2) is 12.2 Å². The van der Waals surface area contributed by atoms with Gasteiger partial charge >= 0.3 is 0 Å². The number of aliphatic hydroxyl groups is 5. The van der Waals surface area contributed by atoms with Gasteiger partial charge in [-0.1, -0.05) is 199 Å². The number of carbonyl (C=O) groups excluding carboxylic acids is 1. The lowest BCUT2D eigenvalue weighted by atomic mass is 9.99. The molecule has 338 valence electrons. The topological polar surface area (TPSA) is 149 Å². The molecule has 57 heavy (non-hydrogen) atoms. The van der Waals surface area contributed by atoms with E-state index >= 15 is 0 Å². The molecule has 1 aliphatic heterocycles. The van der Waals surface area contributed by atoms with Crippen molar-refractivity contribution in [3.63, 3.8) is 0 Å². The van der Waals surface area contributed by atoms with Crippen LogP contribution in [0.1, 0.15) is 232 Å². The fourth-order valence-electron chi connectivity index (χ4n) is 7.92. The third kappa shape index (κ3) is 29.7. The van der Waals surface area contributed by atoms with Gasteiger partial charge in [0, 0.05) is 6.42 Å². The van der Waals surface area contributed by atoms with Crippen LogP contribution >= 0.6 is 0 Å². The SMILES string of the molecule is CCCCCCCCC/C=C\CCCCCCCCCC(=O)NC(COC1OC(CO)C(O)C(O)C1O)C(O)CCCCCCCCCCCCCCCCCC. The Hall–Kier alpha value is -1.07. The predicted molar refractivity (Wildman–Crippen MR) is 235 cm³/mol. The number of allylic oxidation sites excluding steroid dienone is 2. The maximum Gasteiger partial charge on any atom is 0.220 e. The van der Waals surface area contributed by atoms with Gasteiger partial charge in [-0.05, 0) is 38.5 Å². The van der Waals surface area contributed by atoms with Crippen LogP contribution in [-0.4, -0.2) is 87.5 Å². The molecule has 0 aromatic rings. The first-order valence-corrected chi connectivity index (χ1v) is 24.4. The second kappa shape index (κ2) is 39.1. The van der Waals surface area contributed by atoms with Crippen molar-refractivity contribution in [2.45, 2.75) is 275 Å². The van der Waals surface area contributed by atoms with Crippen LogP contribution in [0.25, 0.3) is 0 Å². The molecule has 0 aromatic heterocycles. The highest BCUT2D eigenvalue weighted by Gasteiger charge is 2.44. The summed E-state index contributed by atoms with van der Waals surface area (Å²) in [5, 5.41) is 54.4. The minimum atomic E-state index is -1.55. The Labute approximate surface area is 350 Å². The van der Waals surface area contributed by atoms with Crippen molar-refractivity contribution >= 4 is 5.91 Å². The van der Waals surface area contributed by atoms with Gasteiger partial charge in [-0.3, -0.25) is 4.79 Å². The molecule has 9 heteroatoms. The number of carbonyl (C=O) groups is 1. The maximum absolute atomic E-state index is 13.0. The zero-order valence-corrected chi connectivity index (χ0v) is 37.1. The molecule has 0 radical (unpaired) electrons. The Morgan fingerprint density at radius 3 is 1.42 bits per heavy atom. The van der Waals surface area contributed by atoms with Gasteiger partial charge < -0.3 is 40.3 Å². The van der Waals surface area contributed by atoms with Crippen LogP contribution in [0.5, 0.6) is 0 Å². The van der Waals surface area contributed by atoms with Gasteiger partial charge in [-0.15, -0.1) is 0 Å². The molecule has 0 bridgehead atoms. The molecule has 0 spiro atoms. The summed E-state index contributed by atoms with van der Waals surface area (Å²) < 4.78 is 11.3. The number of hydrogen-bond donors (Lipinski definition) is 6. The van der Waals surface area contributed by atoms with E-state index in [1.165, 1.54) is 167 Å². The first-order chi connectivity index (χ1) is 27.8. The Morgan fingerprint density at radius 2 is 0.982 bits per heavy atom. The van der Waals surface area contributed by atoms with Crippen molar-refractivity contribution in [2.24, 2.45) is 0 Å². The summed E-state index contributed by atoms with van der Waals surface area (Å²) in [5.41, 5.74) is 0. The van der Waals surface area contributed by atoms with Gasteiger partial charge in [-0.25, -0.2) is 0 Å². The Balaban J connectivity index is 2.30. The number of rotatable bonds is 41. The van der Waals surface area contributed by atoms with Gasteiger partial charge in [0.2, 0.25) is 5.91 Å². The molecule has 7 atom stereocenters. The summed E-state index contributed by atoms with van der Waals surface area (Å²) in [5.74, 6) is -0.147. The molecule has 0 saturated carbocycles. The van der Waals surface area contributed by atoms with E-state index < -0.39 is 49.5 Å². The summed E-state index contributed by atoms with van der Waals surface area (Å²) in [7, 11) is 0. The standard InChI is InChI=1S/C48H93NO8/c1-3-5-7-9-11-13-15-17-19-21-22-24-26-28-30-32-34-36-38-44(52)49-41(40-56-48-47(55)46(54)45(53)43(39-50)57-48)42(51)37-35-33-31-29-27-25-23-20-18-16-14-12-10-8-6-4-2/h19,21,41-43,45-48,50-51,53-55H,3-18,20,22-40H2,1-2H3,(H,49,52)/b21-19-. The van der Waals surface area contributed by atoms with Crippen molar-refractivity contribution in [3.8, 4) is 0 Å². The quantitative estimate of drug-likeness (QED) is 0.0264. The van der Waals surface area contributed by atoms with E-state index in [2.05, 4.69) is 31.3 Å². The van der Waals surface area contributed by atoms with E-state index in [0.717, 1.165) is 38.5 Å². The molecular weight excluding hydrogens is 719 g/mol. The van der Waals surface area contributed by atoms with Gasteiger partial charge in [0.15, 0.2) is 6.29 Å². The van der Waals surface area contributed by atoms with Crippen LogP contribution in [-0.2, 0) is 14.3 Å². The molecule has 6 N–H and O–H groups in total. The smallest absolute Gasteiger partial charge is 0.220 e. The predicted octanol–water partition coefficient (Wildman–Crippen LogP) is 10.5. The average Bonchev–Trinajstić information content (AvgIpc) is 3.21. The van der Waals surface area contributed by atoms with Gasteiger partial charge in [-0.2, -0.15) is 0 Å². The zero-order valence-electron chi connectivity index (χ0n) is 37.1. The van der Waals surface area contributed by atoms with Gasteiger partial charge in [0.1, 0.15) is 24.4 Å². The summed E-state index contributed by atoms with van der Waals surface area (Å²) in [4.78, 5) is 13.0. The van der Waals surface area contributed by atoms with Crippen molar-refractivity contribution < 1.29 is 39.8 Å². The first kappa shape index (κ1) is 53.9. The zero-order chi connectivity index (χ0) is 41.6. The highest BCUT2D eigenvalue weighted by molar-refractivity contribution is 5.76. The lowest BCUT2D eigenvalue weighted by molar-refractivity contribution is -0.302. The molecule has 1 rings (SSSR count). The molecule has 1 amide bonds. The molecule has 1 fully saturated rings. The summed E-state index contributed by atoms with van der Waals surface area (Å²) in [6.07, 6.45) is 37.8. The minimum absolute atomic E-state index is 0.136. The molecule has 0 aliphatic carbocycles. The van der Waals surface area contributed by atoms with E-state index in [0.29, 0.717) is 12.8 Å². The monoisotopic (exact) mass is 812 g/mol. The second-order valence-corrected chi connectivity index (χ2v) is 17.3. The average molecular weight is 812 g/mol. The van der Waals surface area contributed by atoms with E-state index in [9.17, 15) is 30.3 Å². The molecular formula is C48H93NO8. The summed E-state index contributed by atoms with van der Waals surface area (Å²) >= 11 is 0. The number of hydrogen-bond acceptors (Lipinski definition) is 8. The van der Waals surface area contributed by atoms with Crippen molar-refractivity contribution in [2.75, 3.05) is 13.2 Å². The molecule has 1 aliphatic rings. The third-order valence-electron chi connectivity index (χ3n) is 11.9. The van der Waals surface area contributed by atoms with Crippen LogP contribution in [0.4, 0.5) is 0 Å². The van der Waals surface area contributed by atoms with E-state index in [1.807, 2.05) is 0 Å². The van der Waals surface area contributed by atoms with Gasteiger partial charge in [0.05, 0.1) is 25.4 Å². The van der Waals surface area contributed by atoms with Crippen LogP contribution < -0.4 is 5.32 Å². The van der Waals surface area contributed by atoms with E-state index in [4.69, 9.17) is 9.47 Å². The van der Waals surface area contributed by atoms with Crippen LogP contribution in [0.2, 0.25) is 0 Å². The number of amides is 1. The highest BCUT2D eigenvalue weighted by atomic mass is 16.7. The maximum atomic E-state index is 13.0. The van der Waals surface area contributed by atoms with E-state index in [1.54, 1.807) is 0 Å². The number of unbranched alkanes of at least 4 members (excludes halogenated alkanes) is 29. The molecule has 9 nitrogen and oxygen atoms in total. The van der Waals surface area contributed by atoms with Crippen molar-refractivity contribution in [1.82, 2.24) is 5.32 Å². The first-order valence-electron chi connectivity index (χ1n) is 24.4. The Kier molecular flexibility index (Phi) is 37.0. The molecule has 1 saturated heterocycles. The van der Waals surface area contributed by atoms with Gasteiger partial charge in [0.25, 0.3) is 0 Å². The molecule has 7 unspecified atom stereocenters. The Morgan fingerprint density at radius 1 is 0.579 bits per heavy atom. The lowest BCUT2D eigenvalue weighted by Crippen LogP contribution is -2.60. The number of ether oxygens (including phenoxy) is 2. The summed E-state index contributed by atoms with van der Waals surface area (Å²) in [6, 6.07) is -0.717. The molecule has 0 aromatic carbocycles. The fourth-order valence-corrected chi connectivity index (χ4v) is 7.92. The highest BCUT2D eigenvalue weighted by Crippen LogP contribution is 2.23. The fraction of sp³-hybridized carbons (Fsp3) is 0.938. The summed E-state index contributed by atoms with van der Waals surface area (Å²) in [6.45, 7) is 3.84. The second-order valence-electron chi connectivity index (χ2n) is 17.3. The normalized spacial score (nSPS) is 21.0.